The first-order valence-electron chi connectivity index (χ1n) is 6.59. The van der Waals surface area contributed by atoms with Crippen molar-refractivity contribution >= 4 is 27.2 Å². The summed E-state index contributed by atoms with van der Waals surface area (Å²) in [4.78, 5) is 1.04. The molecule has 2 aromatic rings. The third-order valence-electron chi connectivity index (χ3n) is 3.37. The van der Waals surface area contributed by atoms with Crippen molar-refractivity contribution in [3.63, 3.8) is 0 Å². The molecule has 0 amide bonds. The van der Waals surface area contributed by atoms with Crippen LogP contribution in [-0.4, -0.2) is 18.2 Å². The molecule has 116 valence electrons. The van der Waals surface area contributed by atoms with E-state index in [1.54, 1.807) is 14.0 Å². The van der Waals surface area contributed by atoms with E-state index in [0.29, 0.717) is 5.69 Å². The predicted molar refractivity (Wildman–Crippen MR) is 84.6 cm³/mol. The first-order chi connectivity index (χ1) is 9.74. The highest BCUT2D eigenvalue weighted by molar-refractivity contribution is 7.89. The minimum atomic E-state index is -3.72. The molecule has 0 saturated carbocycles. The van der Waals surface area contributed by atoms with E-state index in [1.807, 2.05) is 31.4 Å². The van der Waals surface area contributed by atoms with Gasteiger partial charge in [0.25, 0.3) is 0 Å². The molecule has 2 aromatic heterocycles. The third-order valence-corrected chi connectivity index (χ3v) is 5.93. The molecular weight excluding hydrogens is 308 g/mol. The zero-order chi connectivity index (χ0) is 15.8. The number of anilines is 1. The zero-order valence-corrected chi connectivity index (χ0v) is 14.1. The van der Waals surface area contributed by atoms with Crippen molar-refractivity contribution in [2.24, 2.45) is 13.0 Å². The van der Waals surface area contributed by atoms with Gasteiger partial charge in [0.15, 0.2) is 5.82 Å². The van der Waals surface area contributed by atoms with Gasteiger partial charge in [-0.05, 0) is 24.3 Å². The maximum Gasteiger partial charge on any atom is 0.246 e. The third kappa shape index (κ3) is 3.12. The number of aromatic nitrogens is 2. The fourth-order valence-electron chi connectivity index (χ4n) is 2.16. The molecule has 0 aromatic carbocycles. The summed E-state index contributed by atoms with van der Waals surface area (Å²) in [5.74, 6) is 0.146. The molecular formula is C13H20N4O2S2. The Bertz CT molecular complexity index is 718. The number of aryl methyl sites for hydroxylation is 1. The molecule has 0 bridgehead atoms. The summed E-state index contributed by atoms with van der Waals surface area (Å²) < 4.78 is 29.5. The Morgan fingerprint density at radius 3 is 2.52 bits per heavy atom. The van der Waals surface area contributed by atoms with Gasteiger partial charge in [-0.15, -0.1) is 11.3 Å². The quantitative estimate of drug-likeness (QED) is 0.879. The lowest BCUT2D eigenvalue weighted by Gasteiger charge is -2.21. The topological polar surface area (TPSA) is 90.0 Å². The minimum Gasteiger partial charge on any atom is -0.381 e. The van der Waals surface area contributed by atoms with Crippen LogP contribution in [-0.2, 0) is 17.1 Å². The van der Waals surface area contributed by atoms with E-state index in [2.05, 4.69) is 9.82 Å². The minimum absolute atomic E-state index is 0.0242. The molecule has 0 aliphatic heterocycles. The molecule has 2 rings (SSSR count). The van der Waals surface area contributed by atoms with Crippen LogP contribution in [0.15, 0.2) is 22.4 Å². The molecule has 0 spiro atoms. The molecule has 0 saturated heterocycles. The Morgan fingerprint density at radius 1 is 1.43 bits per heavy atom. The number of sulfonamides is 1. The van der Waals surface area contributed by atoms with Gasteiger partial charge in [-0.2, -0.15) is 5.10 Å². The van der Waals surface area contributed by atoms with Crippen molar-refractivity contribution in [2.75, 3.05) is 5.73 Å². The second-order valence-corrected chi connectivity index (χ2v) is 7.91. The summed E-state index contributed by atoms with van der Waals surface area (Å²) in [6.07, 6.45) is 0. The number of hydrogen-bond donors (Lipinski definition) is 2. The van der Waals surface area contributed by atoms with Gasteiger partial charge in [-0.1, -0.05) is 19.9 Å². The van der Waals surface area contributed by atoms with E-state index in [-0.39, 0.29) is 22.7 Å². The highest BCUT2D eigenvalue weighted by Gasteiger charge is 2.29. The van der Waals surface area contributed by atoms with E-state index in [1.165, 1.54) is 16.0 Å². The van der Waals surface area contributed by atoms with E-state index in [9.17, 15) is 8.42 Å². The number of nitrogens with one attached hydrogen (secondary N) is 1. The largest absolute Gasteiger partial charge is 0.381 e. The standard InChI is InChI=1S/C13H20N4O2S2/c1-8(2)11(10-6-5-7-20-10)16-21(18,19)12-9(3)17(4)15-13(12)14/h5-8,11,16H,1-4H3,(H2,14,15). The lowest BCUT2D eigenvalue weighted by atomic mass is 10.0. The Kier molecular flexibility index (Phi) is 4.40. The number of nitrogen functional groups attached to an aromatic ring is 1. The Hall–Kier alpha value is -1.38. The van der Waals surface area contributed by atoms with Gasteiger partial charge >= 0.3 is 0 Å². The van der Waals surface area contributed by atoms with E-state index in [0.717, 1.165) is 4.88 Å². The molecule has 3 N–H and O–H groups in total. The fraction of sp³-hybridized carbons (Fsp3) is 0.462. The van der Waals surface area contributed by atoms with Crippen LogP contribution in [0.1, 0.15) is 30.5 Å². The smallest absolute Gasteiger partial charge is 0.246 e. The summed E-state index contributed by atoms with van der Waals surface area (Å²) in [5, 5.41) is 5.90. The lowest BCUT2D eigenvalue weighted by Crippen LogP contribution is -2.32. The zero-order valence-electron chi connectivity index (χ0n) is 12.5. The van der Waals surface area contributed by atoms with Gasteiger partial charge < -0.3 is 5.73 Å². The van der Waals surface area contributed by atoms with Crippen LogP contribution in [0.2, 0.25) is 0 Å². The maximum absolute atomic E-state index is 12.7. The van der Waals surface area contributed by atoms with Crippen molar-refractivity contribution in [1.82, 2.24) is 14.5 Å². The first kappa shape index (κ1) is 16.0. The van der Waals surface area contributed by atoms with Gasteiger partial charge in [0.1, 0.15) is 4.90 Å². The first-order valence-corrected chi connectivity index (χ1v) is 8.95. The summed E-state index contributed by atoms with van der Waals surface area (Å²) in [7, 11) is -2.05. The van der Waals surface area contributed by atoms with Gasteiger partial charge in [0.05, 0.1) is 11.7 Å². The summed E-state index contributed by atoms with van der Waals surface area (Å²) in [6.45, 7) is 5.65. The predicted octanol–water partition coefficient (Wildman–Crippen LogP) is 2.05. The van der Waals surface area contributed by atoms with Crippen LogP contribution in [0.4, 0.5) is 5.82 Å². The lowest BCUT2D eigenvalue weighted by molar-refractivity contribution is 0.468. The van der Waals surface area contributed by atoms with E-state index in [4.69, 9.17) is 5.73 Å². The van der Waals surface area contributed by atoms with Crippen molar-refractivity contribution in [3.05, 3.63) is 28.1 Å². The molecule has 1 unspecified atom stereocenters. The number of thiophene rings is 1. The monoisotopic (exact) mass is 328 g/mol. The number of nitrogens with zero attached hydrogens (tertiary/aromatic N) is 2. The fourth-order valence-corrected chi connectivity index (χ4v) is 4.88. The second-order valence-electron chi connectivity index (χ2n) is 5.28. The Morgan fingerprint density at radius 2 is 2.10 bits per heavy atom. The highest BCUT2D eigenvalue weighted by atomic mass is 32.2. The summed E-state index contributed by atoms with van der Waals surface area (Å²) in [6, 6.07) is 3.55. The average molecular weight is 328 g/mol. The molecule has 0 fully saturated rings. The average Bonchev–Trinajstić information content (AvgIpc) is 2.96. The molecule has 0 aliphatic carbocycles. The molecule has 21 heavy (non-hydrogen) atoms. The van der Waals surface area contributed by atoms with Crippen LogP contribution in [0.25, 0.3) is 0 Å². The second kappa shape index (κ2) is 5.78. The number of rotatable bonds is 5. The van der Waals surface area contributed by atoms with Gasteiger partial charge in [-0.3, -0.25) is 4.68 Å². The molecule has 6 nitrogen and oxygen atoms in total. The van der Waals surface area contributed by atoms with E-state index < -0.39 is 10.0 Å². The van der Waals surface area contributed by atoms with Gasteiger partial charge in [0, 0.05) is 11.9 Å². The van der Waals surface area contributed by atoms with Gasteiger partial charge in [-0.25, -0.2) is 13.1 Å². The maximum atomic E-state index is 12.7. The van der Waals surface area contributed by atoms with Crippen molar-refractivity contribution in [1.29, 1.82) is 0 Å². The van der Waals surface area contributed by atoms with Crippen LogP contribution in [0, 0.1) is 12.8 Å². The van der Waals surface area contributed by atoms with Crippen LogP contribution in [0.3, 0.4) is 0 Å². The molecule has 2 heterocycles. The molecule has 1 atom stereocenters. The highest BCUT2D eigenvalue weighted by Crippen LogP contribution is 2.29. The van der Waals surface area contributed by atoms with Crippen LogP contribution in [0.5, 0.6) is 0 Å². The number of hydrogen-bond acceptors (Lipinski definition) is 5. The van der Waals surface area contributed by atoms with E-state index >= 15 is 0 Å². The Labute approximate surface area is 129 Å². The van der Waals surface area contributed by atoms with Crippen molar-refractivity contribution in [3.8, 4) is 0 Å². The van der Waals surface area contributed by atoms with Crippen molar-refractivity contribution in [2.45, 2.75) is 31.7 Å². The SMILES string of the molecule is Cc1c(S(=O)(=O)NC(c2cccs2)C(C)C)c(N)nn1C. The molecule has 0 radical (unpaired) electrons. The van der Waals surface area contributed by atoms with Gasteiger partial charge in [0.2, 0.25) is 10.0 Å². The van der Waals surface area contributed by atoms with Crippen molar-refractivity contribution < 1.29 is 8.42 Å². The molecule has 0 aliphatic rings. The van der Waals surface area contributed by atoms with Crippen LogP contribution >= 0.6 is 11.3 Å². The van der Waals surface area contributed by atoms with Crippen LogP contribution < -0.4 is 10.5 Å². The Balaban J connectivity index is 2.40. The summed E-state index contributed by atoms with van der Waals surface area (Å²) in [5.41, 5.74) is 6.27. The number of nitrogens with two attached hydrogens (primary N) is 1. The summed E-state index contributed by atoms with van der Waals surface area (Å²) >= 11 is 1.53. The molecule has 8 heteroatoms. The normalized spacial score (nSPS) is 13.8.